The van der Waals surface area contributed by atoms with Gasteiger partial charge in [0.1, 0.15) is 0 Å². The summed E-state index contributed by atoms with van der Waals surface area (Å²) in [4.78, 5) is 4.26. The molecule has 0 amide bonds. The molecule has 0 saturated heterocycles. The molecule has 3 aliphatic rings. The van der Waals surface area contributed by atoms with Crippen molar-refractivity contribution in [1.82, 2.24) is 9.38 Å². The van der Waals surface area contributed by atoms with E-state index in [9.17, 15) is 10.2 Å². The van der Waals surface area contributed by atoms with E-state index in [2.05, 4.69) is 17.2 Å². The molecule has 3 fully saturated rings. The number of aromatic nitrogens is 2. The van der Waals surface area contributed by atoms with Crippen LogP contribution in [0.1, 0.15) is 55.3 Å². The maximum Gasteiger partial charge on any atom is 0.0992 e. The maximum atomic E-state index is 11.2. The van der Waals surface area contributed by atoms with E-state index < -0.39 is 6.10 Å². The lowest BCUT2D eigenvalue weighted by Gasteiger charge is -2.30. The Morgan fingerprint density at radius 3 is 2.73 bits per heavy atom. The lowest BCUT2D eigenvalue weighted by atomic mass is 9.79. The Morgan fingerprint density at radius 2 is 2.05 bits per heavy atom. The first-order chi connectivity index (χ1) is 10.7. The Kier molecular flexibility index (Phi) is 2.71. The van der Waals surface area contributed by atoms with Crippen LogP contribution in [0.4, 0.5) is 0 Å². The molecule has 0 spiro atoms. The molecule has 2 heterocycles. The zero-order valence-electron chi connectivity index (χ0n) is 12.6. The third-order valence-electron chi connectivity index (χ3n) is 6.26. The lowest BCUT2D eigenvalue weighted by Crippen LogP contribution is -2.26. The van der Waals surface area contributed by atoms with Gasteiger partial charge >= 0.3 is 0 Å². The quantitative estimate of drug-likeness (QED) is 0.916. The summed E-state index contributed by atoms with van der Waals surface area (Å²) in [5, 5.41) is 21.2. The average Bonchev–Trinajstić information content (AvgIpc) is 2.94. The second-order valence-corrected chi connectivity index (χ2v) is 7.55. The maximum absolute atomic E-state index is 11.2. The van der Waals surface area contributed by atoms with Crippen LogP contribution in [-0.4, -0.2) is 25.7 Å². The lowest BCUT2D eigenvalue weighted by molar-refractivity contribution is 0.0337. The van der Waals surface area contributed by atoms with Gasteiger partial charge < -0.3 is 14.6 Å². The summed E-state index contributed by atoms with van der Waals surface area (Å²) in [6, 6.07) is 2.17. The molecular weight excluding hydrogens is 276 g/mol. The number of aliphatic hydroxyl groups excluding tert-OH is 2. The predicted molar refractivity (Wildman–Crippen MR) is 82.5 cm³/mol. The zero-order valence-corrected chi connectivity index (χ0v) is 12.6. The molecule has 4 heteroatoms. The van der Waals surface area contributed by atoms with Gasteiger partial charge in [0.05, 0.1) is 30.2 Å². The van der Waals surface area contributed by atoms with Gasteiger partial charge in [-0.3, -0.25) is 0 Å². The summed E-state index contributed by atoms with van der Waals surface area (Å²) in [7, 11) is 0. The van der Waals surface area contributed by atoms with Crippen molar-refractivity contribution in [2.75, 3.05) is 0 Å². The molecule has 0 aromatic carbocycles. The largest absolute Gasteiger partial charge is 0.393 e. The van der Waals surface area contributed by atoms with Crippen LogP contribution >= 0.6 is 0 Å². The van der Waals surface area contributed by atoms with Crippen molar-refractivity contribution in [1.29, 1.82) is 0 Å². The Hall–Kier alpha value is -1.39. The fraction of sp³-hybridized carbons (Fsp3) is 0.611. The van der Waals surface area contributed by atoms with Crippen LogP contribution in [0.15, 0.2) is 24.8 Å². The molecule has 2 aromatic rings. The zero-order chi connectivity index (χ0) is 14.8. The fourth-order valence-electron chi connectivity index (χ4n) is 4.99. The van der Waals surface area contributed by atoms with Gasteiger partial charge in [-0.15, -0.1) is 0 Å². The van der Waals surface area contributed by atoms with Crippen molar-refractivity contribution in [3.63, 3.8) is 0 Å². The molecule has 116 valence electrons. The monoisotopic (exact) mass is 298 g/mol. The van der Waals surface area contributed by atoms with E-state index >= 15 is 0 Å². The Bertz CT molecular complexity index is 719. The van der Waals surface area contributed by atoms with Gasteiger partial charge in [-0.1, -0.05) is 0 Å². The van der Waals surface area contributed by atoms with Crippen LogP contribution < -0.4 is 0 Å². The topological polar surface area (TPSA) is 57.8 Å². The fourth-order valence-corrected chi connectivity index (χ4v) is 4.99. The van der Waals surface area contributed by atoms with E-state index in [4.69, 9.17) is 0 Å². The van der Waals surface area contributed by atoms with Crippen molar-refractivity contribution in [2.24, 2.45) is 17.8 Å². The van der Waals surface area contributed by atoms with Gasteiger partial charge in [-0.25, -0.2) is 4.98 Å². The molecule has 4 nitrogen and oxygen atoms in total. The number of rotatable bonds is 3. The molecule has 2 N–H and O–H groups in total. The molecule has 3 aliphatic carbocycles. The Balaban J connectivity index is 1.57. The Morgan fingerprint density at radius 1 is 1.18 bits per heavy atom. The van der Waals surface area contributed by atoms with Crippen molar-refractivity contribution >= 4 is 5.52 Å². The molecule has 0 radical (unpaired) electrons. The first kappa shape index (κ1) is 13.1. The van der Waals surface area contributed by atoms with Gasteiger partial charge in [-0.2, -0.15) is 0 Å². The van der Waals surface area contributed by atoms with Crippen molar-refractivity contribution in [2.45, 2.75) is 50.2 Å². The molecule has 2 aromatic heterocycles. The Labute approximate surface area is 129 Å². The predicted octanol–water partition coefficient (Wildman–Crippen LogP) is 2.65. The summed E-state index contributed by atoms with van der Waals surface area (Å²) >= 11 is 0. The van der Waals surface area contributed by atoms with Gasteiger partial charge in [-0.05, 0) is 67.4 Å². The van der Waals surface area contributed by atoms with Crippen molar-refractivity contribution in [3.8, 4) is 0 Å². The number of imidazole rings is 1. The molecule has 0 aliphatic heterocycles. The number of hydrogen-bond acceptors (Lipinski definition) is 3. The number of nitrogens with zero attached hydrogens (tertiary/aromatic N) is 2. The van der Waals surface area contributed by atoms with Gasteiger partial charge in [0.15, 0.2) is 0 Å². The third-order valence-corrected chi connectivity index (χ3v) is 6.26. The standard InChI is InChI=1S/C18H22N2O2/c21-16-7-11-5-12(16)6-14(11)18(22)17-13(10-1-2-10)3-4-20-9-19-8-15(17)20/h3-4,8-12,14,16,18,21-22H,1-2,5-7H2. The highest BCUT2D eigenvalue weighted by molar-refractivity contribution is 5.59. The highest BCUT2D eigenvalue weighted by Gasteiger charge is 2.48. The number of aliphatic hydroxyl groups is 2. The minimum Gasteiger partial charge on any atom is -0.393 e. The van der Waals surface area contributed by atoms with Crippen LogP contribution in [-0.2, 0) is 0 Å². The molecular formula is C18H22N2O2. The van der Waals surface area contributed by atoms with Gasteiger partial charge in [0, 0.05) is 11.8 Å². The minimum absolute atomic E-state index is 0.137. The first-order valence-corrected chi connectivity index (χ1v) is 8.53. The SMILES string of the molecule is OC1CC2CC1CC2C(O)c1c(C2CC2)ccn2cncc12. The molecule has 5 atom stereocenters. The third kappa shape index (κ3) is 1.80. The van der Waals surface area contributed by atoms with E-state index in [0.29, 0.717) is 23.7 Å². The molecule has 3 saturated carbocycles. The van der Waals surface area contributed by atoms with Crippen molar-refractivity contribution < 1.29 is 10.2 Å². The van der Waals surface area contributed by atoms with Crippen LogP contribution in [0.2, 0.25) is 0 Å². The van der Waals surface area contributed by atoms with Crippen LogP contribution in [0.5, 0.6) is 0 Å². The van der Waals surface area contributed by atoms with E-state index in [1.165, 1.54) is 18.4 Å². The molecule has 5 rings (SSSR count). The minimum atomic E-state index is -0.418. The average molecular weight is 298 g/mol. The summed E-state index contributed by atoms with van der Waals surface area (Å²) in [5.74, 6) is 1.80. The van der Waals surface area contributed by atoms with E-state index in [1.54, 1.807) is 0 Å². The van der Waals surface area contributed by atoms with E-state index in [0.717, 1.165) is 30.3 Å². The molecule has 5 unspecified atom stereocenters. The highest BCUT2D eigenvalue weighted by Crippen LogP contribution is 2.54. The smallest absolute Gasteiger partial charge is 0.0992 e. The van der Waals surface area contributed by atoms with Gasteiger partial charge in [0.25, 0.3) is 0 Å². The number of pyridine rings is 1. The van der Waals surface area contributed by atoms with Gasteiger partial charge in [0.2, 0.25) is 0 Å². The number of hydrogen-bond donors (Lipinski definition) is 2. The summed E-state index contributed by atoms with van der Waals surface area (Å²) in [6.07, 6.45) is 10.6. The normalized spacial score (nSPS) is 35.4. The molecule has 22 heavy (non-hydrogen) atoms. The summed E-state index contributed by atoms with van der Waals surface area (Å²) in [6.45, 7) is 0. The highest BCUT2D eigenvalue weighted by atomic mass is 16.3. The van der Waals surface area contributed by atoms with E-state index in [1.807, 2.05) is 16.9 Å². The first-order valence-electron chi connectivity index (χ1n) is 8.53. The second-order valence-electron chi connectivity index (χ2n) is 7.55. The molecule has 2 bridgehead atoms. The summed E-state index contributed by atoms with van der Waals surface area (Å²) < 4.78 is 2.02. The second kappa shape index (κ2) is 4.56. The number of fused-ring (bicyclic) bond motifs is 3. The van der Waals surface area contributed by atoms with Crippen LogP contribution in [0.3, 0.4) is 0 Å². The van der Waals surface area contributed by atoms with Crippen LogP contribution in [0.25, 0.3) is 5.52 Å². The van der Waals surface area contributed by atoms with Crippen LogP contribution in [0, 0.1) is 17.8 Å². The summed E-state index contributed by atoms with van der Waals surface area (Å²) in [5.41, 5.74) is 3.48. The van der Waals surface area contributed by atoms with Crippen molar-refractivity contribution in [3.05, 3.63) is 35.9 Å². The van der Waals surface area contributed by atoms with E-state index in [-0.39, 0.29) is 6.10 Å².